The lowest BCUT2D eigenvalue weighted by Crippen LogP contribution is -2.47. The Hall–Kier alpha value is -6.35. The number of nitrogens with zero attached hydrogens (tertiary/aromatic N) is 6. The first-order valence-corrected chi connectivity index (χ1v) is 16.2. The zero-order chi connectivity index (χ0) is 35.9. The van der Waals surface area contributed by atoms with Crippen molar-refractivity contribution in [2.24, 2.45) is 4.99 Å². The van der Waals surface area contributed by atoms with Gasteiger partial charge >= 0.3 is 17.5 Å². The zero-order valence-corrected chi connectivity index (χ0v) is 27.8. The summed E-state index contributed by atoms with van der Waals surface area (Å²) in [4.78, 5) is 74.3. The Morgan fingerprint density at radius 1 is 1.10 bits per heavy atom. The number of amides is 1. The summed E-state index contributed by atoms with van der Waals surface area (Å²) in [6.07, 6.45) is 0.929. The molecule has 5 aromatic rings. The maximum atomic E-state index is 13.6. The van der Waals surface area contributed by atoms with Crippen LogP contribution in [-0.2, 0) is 20.1 Å². The van der Waals surface area contributed by atoms with Gasteiger partial charge in [-0.2, -0.15) is 4.98 Å². The van der Waals surface area contributed by atoms with E-state index in [2.05, 4.69) is 30.2 Å². The molecule has 7 rings (SSSR count). The number of hydrogen-bond donors (Lipinski definition) is 4. The molecule has 51 heavy (non-hydrogen) atoms. The molecule has 16 heteroatoms. The Labute approximate surface area is 294 Å². The highest BCUT2D eigenvalue weighted by atomic mass is 35.5. The average Bonchev–Trinajstić information content (AvgIpc) is 3.71. The Balaban J connectivity index is 1.04. The van der Waals surface area contributed by atoms with Gasteiger partial charge in [-0.05, 0) is 42.8 Å². The molecule has 1 amide bonds. The number of carboxylic acids is 1. The van der Waals surface area contributed by atoms with Gasteiger partial charge in [-0.3, -0.25) is 19.4 Å². The number of carbonyl (C=O) groups excluding carboxylic acids is 2. The minimum atomic E-state index is -1.38. The maximum Gasteiger partial charge on any atom is 0.326 e. The number of aliphatic imine (C=N–C) groups is 1. The second-order valence-electron chi connectivity index (χ2n) is 11.9. The van der Waals surface area contributed by atoms with Crippen LogP contribution in [0.15, 0.2) is 88.8 Å². The van der Waals surface area contributed by atoms with Crippen LogP contribution in [0.4, 0.5) is 17.5 Å². The summed E-state index contributed by atoms with van der Waals surface area (Å²) in [5, 5.41) is 13.0. The molecule has 4 heterocycles. The second-order valence-corrected chi connectivity index (χ2v) is 12.3. The van der Waals surface area contributed by atoms with Gasteiger partial charge in [-0.1, -0.05) is 48.0 Å². The number of nitrogen functional groups attached to an aromatic ring is 1. The molecule has 0 bridgehead atoms. The molecule has 2 unspecified atom stereocenters. The van der Waals surface area contributed by atoms with Crippen molar-refractivity contribution < 1.29 is 24.2 Å². The average molecular weight is 708 g/mol. The van der Waals surface area contributed by atoms with Gasteiger partial charge < -0.3 is 35.7 Å². The van der Waals surface area contributed by atoms with Crippen LogP contribution < -0.4 is 21.5 Å². The van der Waals surface area contributed by atoms with E-state index in [1.165, 1.54) is 18.3 Å². The lowest BCUT2D eigenvalue weighted by atomic mass is 9.93. The van der Waals surface area contributed by atoms with Gasteiger partial charge in [0.25, 0.3) is 5.91 Å². The number of carbonyl (C=O) groups is 3. The molecule has 2 atom stereocenters. The monoisotopic (exact) mass is 707 g/mol. The fourth-order valence-electron chi connectivity index (χ4n) is 6.30. The number of benzene rings is 3. The number of H-pyrrole nitrogens is 1. The third-order valence-electron chi connectivity index (χ3n) is 8.78. The van der Waals surface area contributed by atoms with Crippen LogP contribution in [0.2, 0.25) is 5.02 Å². The van der Waals surface area contributed by atoms with Crippen LogP contribution in [0.5, 0.6) is 0 Å². The van der Waals surface area contributed by atoms with Crippen LogP contribution in [0, 0.1) is 0 Å². The van der Waals surface area contributed by atoms with E-state index in [0.717, 1.165) is 11.1 Å². The molecule has 3 aromatic carbocycles. The topological polar surface area (TPSA) is 209 Å². The van der Waals surface area contributed by atoms with Crippen molar-refractivity contribution in [3.8, 4) is 0 Å². The van der Waals surface area contributed by atoms with E-state index in [9.17, 15) is 24.3 Å². The number of nitrogens with one attached hydrogen (secondary N) is 2. The summed E-state index contributed by atoms with van der Waals surface area (Å²) in [6.45, 7) is 1.03. The number of aromatic amines is 1. The van der Waals surface area contributed by atoms with Crippen molar-refractivity contribution in [1.29, 1.82) is 0 Å². The highest BCUT2D eigenvalue weighted by Gasteiger charge is 2.54. The molecular formula is C35H30ClN9O6. The first kappa shape index (κ1) is 33.2. The van der Waals surface area contributed by atoms with Gasteiger partial charge in [0.1, 0.15) is 11.9 Å². The van der Waals surface area contributed by atoms with Crippen LogP contribution in [0.3, 0.4) is 0 Å². The van der Waals surface area contributed by atoms with Gasteiger partial charge in [-0.25, -0.2) is 14.8 Å². The summed E-state index contributed by atoms with van der Waals surface area (Å²) >= 11 is 6.20. The third-order valence-corrected chi connectivity index (χ3v) is 9.03. The molecule has 0 radical (unpaired) electrons. The fourth-order valence-corrected chi connectivity index (χ4v) is 6.42. The molecule has 0 aliphatic carbocycles. The second kappa shape index (κ2) is 13.2. The number of aliphatic carboxylic acids is 1. The van der Waals surface area contributed by atoms with E-state index in [1.54, 1.807) is 48.3 Å². The molecule has 0 spiro atoms. The number of anilines is 3. The predicted molar refractivity (Wildman–Crippen MR) is 188 cm³/mol. The number of amidine groups is 1. The van der Waals surface area contributed by atoms with E-state index in [1.807, 2.05) is 29.2 Å². The van der Waals surface area contributed by atoms with Crippen LogP contribution >= 0.6 is 11.6 Å². The van der Waals surface area contributed by atoms with E-state index >= 15 is 0 Å². The van der Waals surface area contributed by atoms with Crippen molar-refractivity contribution in [1.82, 2.24) is 30.2 Å². The summed E-state index contributed by atoms with van der Waals surface area (Å²) in [5.74, 6) is -1.63. The van der Waals surface area contributed by atoms with Gasteiger partial charge in [-0.15, -0.1) is 0 Å². The Morgan fingerprint density at radius 2 is 1.84 bits per heavy atom. The van der Waals surface area contributed by atoms with E-state index in [4.69, 9.17) is 22.1 Å². The summed E-state index contributed by atoms with van der Waals surface area (Å²) in [7, 11) is 1.70. The summed E-state index contributed by atoms with van der Waals surface area (Å²) in [6, 6.07) is 19.5. The minimum absolute atomic E-state index is 0.0102. The number of carboxylic acid groups (broad SMARTS) is 1. The molecule has 0 saturated heterocycles. The Kier molecular flexibility index (Phi) is 8.56. The maximum absolute atomic E-state index is 13.6. The van der Waals surface area contributed by atoms with Crippen molar-refractivity contribution in [3.63, 3.8) is 0 Å². The molecule has 258 valence electrons. The molecule has 2 aromatic heterocycles. The number of halogens is 1. The Bertz CT molecular complexity index is 2280. The largest absolute Gasteiger partial charge is 0.480 e. The van der Waals surface area contributed by atoms with Gasteiger partial charge in [0.15, 0.2) is 17.0 Å². The molecule has 2 aliphatic heterocycles. The lowest BCUT2D eigenvalue weighted by Gasteiger charge is -2.38. The van der Waals surface area contributed by atoms with Crippen molar-refractivity contribution in [2.75, 3.05) is 30.8 Å². The number of rotatable bonds is 10. The van der Waals surface area contributed by atoms with Crippen molar-refractivity contribution >= 4 is 63.9 Å². The van der Waals surface area contributed by atoms with Crippen LogP contribution in [0.25, 0.3) is 11.2 Å². The smallest absolute Gasteiger partial charge is 0.326 e. The SMILES string of the molecule is CN(c1ccc(C(=O)NC(CCC(=O)OC2(c3ccc(Cl)cc3)c3ccccc3C3=NCCN32)C(=O)O)cc1)c1cnc2[nH]c(N)nc(=O)c2n1. The first-order valence-electron chi connectivity index (χ1n) is 15.8. The number of fused-ring (bicyclic) bond motifs is 4. The molecule has 5 N–H and O–H groups in total. The number of esters is 1. The number of ether oxygens (including phenoxy) is 1. The molecule has 0 fully saturated rings. The lowest BCUT2D eigenvalue weighted by molar-refractivity contribution is -0.169. The summed E-state index contributed by atoms with van der Waals surface area (Å²) < 4.78 is 6.31. The highest BCUT2D eigenvalue weighted by molar-refractivity contribution is 6.30. The predicted octanol–water partition coefficient (Wildman–Crippen LogP) is 3.20. The fraction of sp³-hybridized carbons (Fsp3) is 0.200. The van der Waals surface area contributed by atoms with Gasteiger partial charge in [0.2, 0.25) is 11.7 Å². The standard InChI is InChI=1S/C35H30ClN9O6/c1-44(26-18-39-29-28(41-26)32(48)43-34(37)42-29)22-12-6-19(7-13-22)31(47)40-25(33(49)50)14-15-27(46)51-35(20-8-10-21(36)11-9-20)24-5-3-2-4-23(24)30-38-16-17-45(30)35/h2-13,18,25H,14-17H2,1H3,(H,40,47)(H,49,50)(H3,37,39,42,43,48). The van der Waals surface area contributed by atoms with Crippen LogP contribution in [0.1, 0.15) is 39.9 Å². The number of aromatic nitrogens is 4. The minimum Gasteiger partial charge on any atom is -0.480 e. The third kappa shape index (κ3) is 6.07. The number of hydrogen-bond acceptors (Lipinski definition) is 12. The zero-order valence-electron chi connectivity index (χ0n) is 27.0. The summed E-state index contributed by atoms with van der Waals surface area (Å²) in [5.41, 5.74) is 6.86. The first-order chi connectivity index (χ1) is 24.5. The highest BCUT2D eigenvalue weighted by Crippen LogP contribution is 2.47. The molecule has 15 nitrogen and oxygen atoms in total. The van der Waals surface area contributed by atoms with E-state index in [0.29, 0.717) is 41.0 Å². The van der Waals surface area contributed by atoms with Crippen molar-refractivity contribution in [2.45, 2.75) is 24.6 Å². The van der Waals surface area contributed by atoms with Crippen molar-refractivity contribution in [3.05, 3.63) is 117 Å². The quantitative estimate of drug-likeness (QED) is 0.154. The Morgan fingerprint density at radius 3 is 2.59 bits per heavy atom. The number of nitrogens with two attached hydrogens (primary N) is 1. The van der Waals surface area contributed by atoms with Crippen LogP contribution in [-0.4, -0.2) is 79.8 Å². The molecular weight excluding hydrogens is 678 g/mol. The molecule has 0 saturated carbocycles. The normalized spacial score (nSPS) is 16.6. The molecule has 2 aliphatic rings. The van der Waals surface area contributed by atoms with E-state index < -0.39 is 35.2 Å². The van der Waals surface area contributed by atoms with Gasteiger partial charge in [0, 0.05) is 53.0 Å². The van der Waals surface area contributed by atoms with Gasteiger partial charge in [0.05, 0.1) is 12.7 Å². The van der Waals surface area contributed by atoms with E-state index in [-0.39, 0.29) is 35.5 Å².